The van der Waals surface area contributed by atoms with Crippen LogP contribution in [0, 0.1) is 0 Å². The standard InChI is InChI=1S/C15H23N3O2/c1-20-14-13(8-5-10-17-14)15(19)18(11-9-16)12-6-3-2-4-7-12/h5,8,10,12H,2-4,6-7,9,11,16H2,1H3. The van der Waals surface area contributed by atoms with E-state index in [9.17, 15) is 4.79 Å². The van der Waals surface area contributed by atoms with Crippen LogP contribution in [0.4, 0.5) is 0 Å². The van der Waals surface area contributed by atoms with E-state index < -0.39 is 0 Å². The Hall–Kier alpha value is -1.62. The van der Waals surface area contributed by atoms with Crippen molar-refractivity contribution in [1.29, 1.82) is 0 Å². The van der Waals surface area contributed by atoms with Gasteiger partial charge in [-0.3, -0.25) is 4.79 Å². The number of aromatic nitrogens is 1. The van der Waals surface area contributed by atoms with Crippen molar-refractivity contribution in [3.63, 3.8) is 0 Å². The second-order valence-electron chi connectivity index (χ2n) is 5.14. The molecule has 20 heavy (non-hydrogen) atoms. The third-order valence-electron chi connectivity index (χ3n) is 3.84. The van der Waals surface area contributed by atoms with E-state index >= 15 is 0 Å². The molecule has 0 bridgehead atoms. The van der Waals surface area contributed by atoms with E-state index in [1.807, 2.05) is 4.90 Å². The average molecular weight is 277 g/mol. The van der Waals surface area contributed by atoms with Crippen LogP contribution in [0.1, 0.15) is 42.5 Å². The van der Waals surface area contributed by atoms with Crippen molar-refractivity contribution in [3.05, 3.63) is 23.9 Å². The van der Waals surface area contributed by atoms with Gasteiger partial charge in [0.25, 0.3) is 5.91 Å². The van der Waals surface area contributed by atoms with Crippen LogP contribution < -0.4 is 10.5 Å². The highest BCUT2D eigenvalue weighted by molar-refractivity contribution is 5.96. The Balaban J connectivity index is 2.21. The van der Waals surface area contributed by atoms with E-state index in [0.717, 1.165) is 12.8 Å². The number of methoxy groups -OCH3 is 1. The van der Waals surface area contributed by atoms with Crippen LogP contribution in [-0.2, 0) is 0 Å². The monoisotopic (exact) mass is 277 g/mol. The van der Waals surface area contributed by atoms with Crippen molar-refractivity contribution >= 4 is 5.91 Å². The summed E-state index contributed by atoms with van der Waals surface area (Å²) in [6.45, 7) is 1.06. The van der Waals surface area contributed by atoms with Crippen molar-refractivity contribution in [2.45, 2.75) is 38.1 Å². The molecule has 0 radical (unpaired) electrons. The van der Waals surface area contributed by atoms with Gasteiger partial charge < -0.3 is 15.4 Å². The minimum Gasteiger partial charge on any atom is -0.480 e. The van der Waals surface area contributed by atoms with Gasteiger partial charge in [0.15, 0.2) is 0 Å². The Kier molecular flexibility index (Phi) is 5.35. The Morgan fingerprint density at radius 1 is 1.45 bits per heavy atom. The number of ether oxygens (including phenoxy) is 1. The molecule has 1 aliphatic rings. The van der Waals surface area contributed by atoms with Gasteiger partial charge in [-0.25, -0.2) is 4.98 Å². The molecular weight excluding hydrogens is 254 g/mol. The summed E-state index contributed by atoms with van der Waals surface area (Å²) >= 11 is 0. The van der Waals surface area contributed by atoms with Crippen molar-refractivity contribution in [3.8, 4) is 5.88 Å². The Labute approximate surface area is 120 Å². The number of hydrogen-bond donors (Lipinski definition) is 1. The van der Waals surface area contributed by atoms with Crippen molar-refractivity contribution in [2.75, 3.05) is 20.2 Å². The summed E-state index contributed by atoms with van der Waals surface area (Å²) in [6, 6.07) is 3.82. The highest BCUT2D eigenvalue weighted by atomic mass is 16.5. The normalized spacial score (nSPS) is 15.9. The molecule has 1 amide bonds. The minimum atomic E-state index is -0.0210. The highest BCUT2D eigenvalue weighted by Gasteiger charge is 2.27. The number of hydrogen-bond acceptors (Lipinski definition) is 4. The van der Waals surface area contributed by atoms with Gasteiger partial charge in [-0.15, -0.1) is 0 Å². The fraction of sp³-hybridized carbons (Fsp3) is 0.600. The summed E-state index contributed by atoms with van der Waals surface area (Å²) in [7, 11) is 1.53. The van der Waals surface area contributed by atoms with Crippen LogP contribution in [0.5, 0.6) is 5.88 Å². The van der Waals surface area contributed by atoms with Crippen molar-refractivity contribution in [1.82, 2.24) is 9.88 Å². The van der Waals surface area contributed by atoms with Gasteiger partial charge in [0.2, 0.25) is 5.88 Å². The molecule has 0 atom stereocenters. The molecule has 0 aromatic carbocycles. The van der Waals surface area contributed by atoms with Gasteiger partial charge in [0.05, 0.1) is 7.11 Å². The zero-order chi connectivity index (χ0) is 14.4. The molecule has 0 spiro atoms. The summed E-state index contributed by atoms with van der Waals surface area (Å²) in [6.07, 6.45) is 7.38. The molecule has 1 saturated carbocycles. The van der Waals surface area contributed by atoms with Crippen LogP contribution in [0.2, 0.25) is 0 Å². The number of nitrogens with two attached hydrogens (primary N) is 1. The van der Waals surface area contributed by atoms with Gasteiger partial charge in [0.1, 0.15) is 5.56 Å². The number of amides is 1. The fourth-order valence-electron chi connectivity index (χ4n) is 2.85. The fourth-order valence-corrected chi connectivity index (χ4v) is 2.85. The van der Waals surface area contributed by atoms with E-state index in [1.165, 1.54) is 26.4 Å². The second-order valence-corrected chi connectivity index (χ2v) is 5.14. The number of nitrogens with zero attached hydrogens (tertiary/aromatic N) is 2. The van der Waals surface area contributed by atoms with E-state index in [-0.39, 0.29) is 5.91 Å². The topological polar surface area (TPSA) is 68.5 Å². The zero-order valence-corrected chi connectivity index (χ0v) is 12.0. The second kappa shape index (κ2) is 7.24. The average Bonchev–Trinajstić information content (AvgIpc) is 2.52. The molecule has 1 fully saturated rings. The first-order chi connectivity index (χ1) is 9.77. The van der Waals surface area contributed by atoms with Gasteiger partial charge >= 0.3 is 0 Å². The molecule has 2 N–H and O–H groups in total. The molecule has 0 unspecified atom stereocenters. The summed E-state index contributed by atoms with van der Waals surface area (Å²) < 4.78 is 5.19. The summed E-state index contributed by atoms with van der Waals surface area (Å²) in [5.41, 5.74) is 6.20. The molecule has 0 aliphatic heterocycles. The molecule has 5 nitrogen and oxygen atoms in total. The first-order valence-electron chi connectivity index (χ1n) is 7.28. The summed E-state index contributed by atoms with van der Waals surface area (Å²) in [4.78, 5) is 18.8. The molecule has 1 aromatic rings. The smallest absolute Gasteiger partial charge is 0.259 e. The molecule has 2 rings (SSSR count). The summed E-state index contributed by atoms with van der Waals surface area (Å²) in [5, 5.41) is 0. The van der Waals surface area contributed by atoms with E-state index in [4.69, 9.17) is 10.5 Å². The maximum atomic E-state index is 12.8. The quantitative estimate of drug-likeness (QED) is 0.891. The summed E-state index contributed by atoms with van der Waals surface area (Å²) in [5.74, 6) is 0.364. The van der Waals surface area contributed by atoms with Crippen LogP contribution in [-0.4, -0.2) is 42.0 Å². The number of carbonyl (C=O) groups excluding carboxylic acids is 1. The van der Waals surface area contributed by atoms with Crippen LogP contribution in [0.15, 0.2) is 18.3 Å². The van der Waals surface area contributed by atoms with Gasteiger partial charge in [-0.1, -0.05) is 19.3 Å². The molecule has 5 heteroatoms. The van der Waals surface area contributed by atoms with Crippen molar-refractivity contribution in [2.24, 2.45) is 5.73 Å². The van der Waals surface area contributed by atoms with Gasteiger partial charge in [-0.2, -0.15) is 0 Å². The maximum absolute atomic E-state index is 12.8. The Morgan fingerprint density at radius 3 is 2.85 bits per heavy atom. The molecular formula is C15H23N3O2. The van der Waals surface area contributed by atoms with E-state index in [1.54, 1.807) is 18.3 Å². The lowest BCUT2D eigenvalue weighted by Gasteiger charge is -2.34. The Bertz CT molecular complexity index is 444. The first kappa shape index (κ1) is 14.8. The van der Waals surface area contributed by atoms with Crippen LogP contribution in [0.3, 0.4) is 0 Å². The van der Waals surface area contributed by atoms with Crippen LogP contribution in [0.25, 0.3) is 0 Å². The number of carbonyl (C=O) groups is 1. The molecule has 0 saturated heterocycles. The Morgan fingerprint density at radius 2 is 2.20 bits per heavy atom. The zero-order valence-electron chi connectivity index (χ0n) is 12.0. The highest BCUT2D eigenvalue weighted by Crippen LogP contribution is 2.25. The molecule has 1 aliphatic carbocycles. The largest absolute Gasteiger partial charge is 0.480 e. The molecule has 1 aromatic heterocycles. The first-order valence-corrected chi connectivity index (χ1v) is 7.28. The third-order valence-corrected chi connectivity index (χ3v) is 3.84. The molecule has 1 heterocycles. The maximum Gasteiger partial charge on any atom is 0.259 e. The van der Waals surface area contributed by atoms with Crippen LogP contribution >= 0.6 is 0 Å². The van der Waals surface area contributed by atoms with Gasteiger partial charge in [-0.05, 0) is 25.0 Å². The predicted molar refractivity (Wildman–Crippen MR) is 77.8 cm³/mol. The molecule has 110 valence electrons. The lowest BCUT2D eigenvalue weighted by molar-refractivity contribution is 0.0637. The van der Waals surface area contributed by atoms with Gasteiger partial charge in [0, 0.05) is 25.3 Å². The lowest BCUT2D eigenvalue weighted by atomic mass is 9.93. The lowest BCUT2D eigenvalue weighted by Crippen LogP contribution is -2.44. The third kappa shape index (κ3) is 3.28. The number of pyridine rings is 1. The minimum absolute atomic E-state index is 0.0210. The number of rotatable bonds is 5. The predicted octanol–water partition coefficient (Wildman–Crippen LogP) is 1.82. The SMILES string of the molecule is COc1ncccc1C(=O)N(CCN)C1CCCCC1. The van der Waals surface area contributed by atoms with E-state index in [2.05, 4.69) is 4.98 Å². The van der Waals surface area contributed by atoms with Crippen molar-refractivity contribution < 1.29 is 9.53 Å². The van der Waals surface area contributed by atoms with E-state index in [0.29, 0.717) is 30.6 Å².